The first-order valence-electron chi connectivity index (χ1n) is 6.34. The Morgan fingerprint density at radius 2 is 2.33 bits per heavy atom. The molecule has 3 unspecified atom stereocenters. The standard InChI is InChI=1S/C12H24N2O4/c1-9(6-16-3)14-12(15)8-17-7-11-5-13-4-10(2)18-11/h9-11,13H,4-8H2,1-3H3,(H,14,15). The normalized spacial score (nSPS) is 25.7. The number of rotatable bonds is 7. The summed E-state index contributed by atoms with van der Waals surface area (Å²) in [5, 5.41) is 6.03. The van der Waals surface area contributed by atoms with Gasteiger partial charge in [0, 0.05) is 26.2 Å². The Kier molecular flexibility index (Phi) is 7.19. The summed E-state index contributed by atoms with van der Waals surface area (Å²) < 4.78 is 15.9. The third-order valence-electron chi connectivity index (χ3n) is 2.59. The molecule has 0 spiro atoms. The van der Waals surface area contributed by atoms with Crippen LogP contribution in [0.1, 0.15) is 13.8 Å². The van der Waals surface area contributed by atoms with Gasteiger partial charge in [0.1, 0.15) is 6.61 Å². The highest BCUT2D eigenvalue weighted by atomic mass is 16.5. The molecule has 106 valence electrons. The minimum Gasteiger partial charge on any atom is -0.383 e. The molecule has 0 aromatic rings. The molecule has 0 aromatic carbocycles. The molecule has 18 heavy (non-hydrogen) atoms. The van der Waals surface area contributed by atoms with Crippen molar-refractivity contribution in [3.63, 3.8) is 0 Å². The van der Waals surface area contributed by atoms with Crippen LogP contribution in [0.25, 0.3) is 0 Å². The minimum atomic E-state index is -0.128. The van der Waals surface area contributed by atoms with E-state index in [1.165, 1.54) is 0 Å². The van der Waals surface area contributed by atoms with Gasteiger partial charge in [-0.3, -0.25) is 4.79 Å². The fourth-order valence-electron chi connectivity index (χ4n) is 1.86. The van der Waals surface area contributed by atoms with Crippen LogP contribution in [0.3, 0.4) is 0 Å². The zero-order valence-electron chi connectivity index (χ0n) is 11.4. The molecule has 1 fully saturated rings. The molecule has 1 aliphatic rings. The van der Waals surface area contributed by atoms with E-state index in [-0.39, 0.29) is 30.8 Å². The zero-order chi connectivity index (χ0) is 13.4. The predicted molar refractivity (Wildman–Crippen MR) is 67.5 cm³/mol. The predicted octanol–water partition coefficient (Wildman–Crippen LogP) is -0.469. The van der Waals surface area contributed by atoms with Gasteiger partial charge in [0.05, 0.1) is 25.4 Å². The van der Waals surface area contributed by atoms with Crippen molar-refractivity contribution in [2.75, 3.05) is 40.0 Å². The van der Waals surface area contributed by atoms with E-state index >= 15 is 0 Å². The lowest BCUT2D eigenvalue weighted by Crippen LogP contribution is -2.46. The highest BCUT2D eigenvalue weighted by Gasteiger charge is 2.19. The summed E-state index contributed by atoms with van der Waals surface area (Å²) in [6.45, 7) is 6.53. The lowest BCUT2D eigenvalue weighted by molar-refractivity contribution is -0.129. The van der Waals surface area contributed by atoms with E-state index in [9.17, 15) is 4.79 Å². The summed E-state index contributed by atoms with van der Waals surface area (Å²) in [5.41, 5.74) is 0. The highest BCUT2D eigenvalue weighted by molar-refractivity contribution is 5.77. The number of carbonyl (C=O) groups is 1. The van der Waals surface area contributed by atoms with Crippen molar-refractivity contribution in [2.24, 2.45) is 0 Å². The number of nitrogens with one attached hydrogen (secondary N) is 2. The largest absolute Gasteiger partial charge is 0.383 e. The molecule has 0 aliphatic carbocycles. The van der Waals surface area contributed by atoms with Crippen molar-refractivity contribution in [1.82, 2.24) is 10.6 Å². The molecule has 0 radical (unpaired) electrons. The van der Waals surface area contributed by atoms with Gasteiger partial charge < -0.3 is 24.8 Å². The zero-order valence-corrected chi connectivity index (χ0v) is 11.4. The monoisotopic (exact) mass is 260 g/mol. The molecule has 1 aliphatic heterocycles. The topological polar surface area (TPSA) is 68.8 Å². The van der Waals surface area contributed by atoms with Crippen LogP contribution in [0.5, 0.6) is 0 Å². The van der Waals surface area contributed by atoms with Crippen molar-refractivity contribution < 1.29 is 19.0 Å². The maximum atomic E-state index is 11.5. The van der Waals surface area contributed by atoms with Gasteiger partial charge in [-0.2, -0.15) is 0 Å². The Morgan fingerprint density at radius 3 is 3.00 bits per heavy atom. The molecule has 0 aromatic heterocycles. The third kappa shape index (κ3) is 6.30. The van der Waals surface area contributed by atoms with Crippen molar-refractivity contribution in [1.29, 1.82) is 0 Å². The molecule has 6 nitrogen and oxygen atoms in total. The fraction of sp³-hybridized carbons (Fsp3) is 0.917. The van der Waals surface area contributed by atoms with Gasteiger partial charge >= 0.3 is 0 Å². The average Bonchev–Trinajstić information content (AvgIpc) is 2.29. The Labute approximate surface area is 108 Å². The second kappa shape index (κ2) is 8.42. The molecule has 0 saturated carbocycles. The number of ether oxygens (including phenoxy) is 3. The number of morpholine rings is 1. The Morgan fingerprint density at radius 1 is 1.56 bits per heavy atom. The first-order valence-corrected chi connectivity index (χ1v) is 6.34. The summed E-state index contributed by atoms with van der Waals surface area (Å²) in [7, 11) is 1.60. The molecule has 1 rings (SSSR count). The van der Waals surface area contributed by atoms with Gasteiger partial charge in [0.25, 0.3) is 0 Å². The van der Waals surface area contributed by atoms with Crippen molar-refractivity contribution >= 4 is 5.91 Å². The van der Waals surface area contributed by atoms with Crippen LogP contribution in [-0.2, 0) is 19.0 Å². The Hall–Kier alpha value is -0.690. The van der Waals surface area contributed by atoms with Crippen LogP contribution >= 0.6 is 0 Å². The van der Waals surface area contributed by atoms with Crippen molar-refractivity contribution in [3.8, 4) is 0 Å². The summed E-state index contributed by atoms with van der Waals surface area (Å²) in [6, 6.07) is -0.00119. The van der Waals surface area contributed by atoms with E-state index < -0.39 is 0 Å². The number of carbonyl (C=O) groups excluding carboxylic acids is 1. The molecule has 1 saturated heterocycles. The first-order chi connectivity index (χ1) is 8.61. The maximum absolute atomic E-state index is 11.5. The third-order valence-corrected chi connectivity index (χ3v) is 2.59. The van der Waals surface area contributed by atoms with Gasteiger partial charge in [-0.15, -0.1) is 0 Å². The summed E-state index contributed by atoms with van der Waals surface area (Å²) in [5.74, 6) is -0.128. The smallest absolute Gasteiger partial charge is 0.246 e. The van der Waals surface area contributed by atoms with E-state index in [0.717, 1.165) is 13.1 Å². The molecule has 1 amide bonds. The molecule has 0 bridgehead atoms. The van der Waals surface area contributed by atoms with E-state index in [2.05, 4.69) is 10.6 Å². The van der Waals surface area contributed by atoms with Gasteiger partial charge in [-0.05, 0) is 13.8 Å². The summed E-state index contributed by atoms with van der Waals surface area (Å²) >= 11 is 0. The molecular formula is C12H24N2O4. The quantitative estimate of drug-likeness (QED) is 0.648. The van der Waals surface area contributed by atoms with Gasteiger partial charge in [-0.1, -0.05) is 0 Å². The van der Waals surface area contributed by atoms with Gasteiger partial charge in [0.15, 0.2) is 0 Å². The van der Waals surface area contributed by atoms with Crippen LogP contribution in [0, 0.1) is 0 Å². The SMILES string of the molecule is COCC(C)NC(=O)COCC1CNCC(C)O1. The Bertz CT molecular complexity index is 250. The van der Waals surface area contributed by atoms with Crippen LogP contribution in [0.2, 0.25) is 0 Å². The molecule has 1 heterocycles. The van der Waals surface area contributed by atoms with Crippen LogP contribution in [0.15, 0.2) is 0 Å². The van der Waals surface area contributed by atoms with E-state index in [0.29, 0.717) is 13.2 Å². The number of methoxy groups -OCH3 is 1. The van der Waals surface area contributed by atoms with Crippen LogP contribution < -0.4 is 10.6 Å². The molecular weight excluding hydrogens is 236 g/mol. The van der Waals surface area contributed by atoms with Crippen LogP contribution in [0.4, 0.5) is 0 Å². The Balaban J connectivity index is 2.07. The van der Waals surface area contributed by atoms with Crippen molar-refractivity contribution in [3.05, 3.63) is 0 Å². The first kappa shape index (κ1) is 15.4. The van der Waals surface area contributed by atoms with E-state index in [1.807, 2.05) is 13.8 Å². The number of hydrogen-bond acceptors (Lipinski definition) is 5. The average molecular weight is 260 g/mol. The lowest BCUT2D eigenvalue weighted by Gasteiger charge is -2.28. The molecule has 6 heteroatoms. The number of amides is 1. The second-order valence-electron chi connectivity index (χ2n) is 4.67. The molecule has 3 atom stereocenters. The minimum absolute atomic E-state index is 0.00119. The molecule has 2 N–H and O–H groups in total. The summed E-state index contributed by atoms with van der Waals surface area (Å²) in [4.78, 5) is 11.5. The highest BCUT2D eigenvalue weighted by Crippen LogP contribution is 2.03. The van der Waals surface area contributed by atoms with Crippen molar-refractivity contribution in [2.45, 2.75) is 32.1 Å². The number of hydrogen-bond donors (Lipinski definition) is 2. The summed E-state index contributed by atoms with van der Waals surface area (Å²) in [6.07, 6.45) is 0.223. The van der Waals surface area contributed by atoms with E-state index in [1.54, 1.807) is 7.11 Å². The second-order valence-corrected chi connectivity index (χ2v) is 4.67. The van der Waals surface area contributed by atoms with Gasteiger partial charge in [-0.25, -0.2) is 0 Å². The van der Waals surface area contributed by atoms with E-state index in [4.69, 9.17) is 14.2 Å². The lowest BCUT2D eigenvalue weighted by atomic mass is 10.2. The fourth-order valence-corrected chi connectivity index (χ4v) is 1.86. The van der Waals surface area contributed by atoms with Crippen LogP contribution in [-0.4, -0.2) is 64.2 Å². The van der Waals surface area contributed by atoms with Gasteiger partial charge in [0.2, 0.25) is 5.91 Å². The maximum Gasteiger partial charge on any atom is 0.246 e.